The van der Waals surface area contributed by atoms with Crippen LogP contribution >= 0.6 is 0 Å². The molecule has 0 aliphatic carbocycles. The molecule has 1 atom stereocenters. The number of H-pyrrole nitrogens is 1. The molecule has 2 aromatic heterocycles. The van der Waals surface area contributed by atoms with Crippen molar-refractivity contribution >= 4 is 11.4 Å². The molecule has 6 rings (SSSR count). The number of aromatic nitrogens is 3. The largest absolute Gasteiger partial charge is 0.456 e. The lowest BCUT2D eigenvalue weighted by Gasteiger charge is -2.29. The molecule has 188 valence electrons. The van der Waals surface area contributed by atoms with Gasteiger partial charge in [-0.2, -0.15) is 0 Å². The SMILES string of the molecule is Cc1nccc(C(C)Nc2ccc3c(c2)Cc2cccc(-c4cc(N5CCOCC5)cc(=O)[nH]4)c2O3)n1. The minimum Gasteiger partial charge on any atom is -0.456 e. The number of morpholine rings is 1. The van der Waals surface area contributed by atoms with Crippen molar-refractivity contribution in [3.8, 4) is 22.8 Å². The molecule has 8 nitrogen and oxygen atoms in total. The molecule has 8 heteroatoms. The van der Waals surface area contributed by atoms with E-state index in [1.807, 2.05) is 43.3 Å². The summed E-state index contributed by atoms with van der Waals surface area (Å²) in [6.07, 6.45) is 2.53. The summed E-state index contributed by atoms with van der Waals surface area (Å²) in [7, 11) is 0. The Bertz CT molecular complexity index is 1510. The molecule has 0 radical (unpaired) electrons. The van der Waals surface area contributed by atoms with E-state index in [1.54, 1.807) is 12.3 Å². The van der Waals surface area contributed by atoms with Crippen molar-refractivity contribution in [3.63, 3.8) is 0 Å². The van der Waals surface area contributed by atoms with E-state index >= 15 is 0 Å². The fraction of sp³-hybridized carbons (Fsp3) is 0.276. The standard InChI is InChI=1S/C29H29N5O3/c1-18(25-8-9-30-19(2)32-25)31-22-6-7-27-21(15-22)14-20-4-3-5-24(29(20)37-27)26-16-23(17-28(35)33-26)34-10-12-36-13-11-34/h3-9,15-18,31H,10-14H2,1-2H3,(H,33,35). The van der Waals surface area contributed by atoms with Gasteiger partial charge in [0.1, 0.15) is 17.3 Å². The molecular weight excluding hydrogens is 466 g/mol. The molecule has 2 aliphatic heterocycles. The number of hydrogen-bond acceptors (Lipinski definition) is 7. The number of anilines is 2. The molecule has 1 unspecified atom stereocenters. The zero-order chi connectivity index (χ0) is 25.4. The van der Waals surface area contributed by atoms with Gasteiger partial charge in [-0.15, -0.1) is 0 Å². The number of benzene rings is 2. The summed E-state index contributed by atoms with van der Waals surface area (Å²) in [5, 5.41) is 3.54. The van der Waals surface area contributed by atoms with Gasteiger partial charge < -0.3 is 24.7 Å². The van der Waals surface area contributed by atoms with Gasteiger partial charge in [-0.25, -0.2) is 9.97 Å². The van der Waals surface area contributed by atoms with Crippen LogP contribution in [0.5, 0.6) is 11.5 Å². The van der Waals surface area contributed by atoms with Crippen LogP contribution in [0.1, 0.15) is 35.6 Å². The van der Waals surface area contributed by atoms with Gasteiger partial charge in [-0.1, -0.05) is 12.1 Å². The third-order valence-corrected chi connectivity index (χ3v) is 6.87. The maximum atomic E-state index is 12.6. The van der Waals surface area contributed by atoms with E-state index in [0.29, 0.717) is 13.2 Å². The van der Waals surface area contributed by atoms with Crippen LogP contribution in [0, 0.1) is 6.92 Å². The van der Waals surface area contributed by atoms with Gasteiger partial charge in [0.15, 0.2) is 0 Å². The number of nitrogens with one attached hydrogen (secondary N) is 2. The van der Waals surface area contributed by atoms with E-state index in [0.717, 1.165) is 76.3 Å². The van der Waals surface area contributed by atoms with Gasteiger partial charge in [0.25, 0.3) is 0 Å². The topological polar surface area (TPSA) is 92.4 Å². The second-order valence-corrected chi connectivity index (χ2v) is 9.51. The van der Waals surface area contributed by atoms with Crippen molar-refractivity contribution in [3.05, 3.63) is 93.8 Å². The van der Waals surface area contributed by atoms with Crippen LogP contribution in [0.2, 0.25) is 0 Å². The Morgan fingerprint density at radius 3 is 2.76 bits per heavy atom. The Labute approximate surface area is 215 Å². The summed E-state index contributed by atoms with van der Waals surface area (Å²) < 4.78 is 11.9. The fourth-order valence-corrected chi connectivity index (χ4v) is 5.00. The quantitative estimate of drug-likeness (QED) is 0.360. The Hall–Kier alpha value is -4.17. The monoisotopic (exact) mass is 495 g/mol. The molecule has 1 saturated heterocycles. The summed E-state index contributed by atoms with van der Waals surface area (Å²) in [5.74, 6) is 2.37. The minimum absolute atomic E-state index is 0.0405. The lowest BCUT2D eigenvalue weighted by Crippen LogP contribution is -2.36. The highest BCUT2D eigenvalue weighted by atomic mass is 16.5. The summed E-state index contributed by atoms with van der Waals surface area (Å²) in [5.41, 5.74) is 6.55. The molecule has 37 heavy (non-hydrogen) atoms. The number of hydrogen-bond donors (Lipinski definition) is 2. The van der Waals surface area contributed by atoms with Gasteiger partial charge >= 0.3 is 0 Å². The van der Waals surface area contributed by atoms with E-state index in [9.17, 15) is 4.79 Å². The molecule has 2 aliphatic rings. The molecule has 0 amide bonds. The van der Waals surface area contributed by atoms with Crippen molar-refractivity contribution in [1.82, 2.24) is 15.0 Å². The van der Waals surface area contributed by atoms with Gasteiger partial charge in [0.05, 0.1) is 30.6 Å². The molecule has 1 fully saturated rings. The lowest BCUT2D eigenvalue weighted by atomic mass is 9.96. The average Bonchev–Trinajstić information content (AvgIpc) is 2.91. The Morgan fingerprint density at radius 1 is 1.05 bits per heavy atom. The van der Waals surface area contributed by atoms with Crippen LogP contribution in [0.3, 0.4) is 0 Å². The number of para-hydroxylation sites is 1. The van der Waals surface area contributed by atoms with Crippen molar-refractivity contribution in [2.24, 2.45) is 0 Å². The predicted molar refractivity (Wildman–Crippen MR) is 144 cm³/mol. The molecular formula is C29H29N5O3. The van der Waals surface area contributed by atoms with Crippen LogP contribution in [-0.2, 0) is 11.2 Å². The number of ether oxygens (including phenoxy) is 2. The first kappa shape index (κ1) is 23.2. The van der Waals surface area contributed by atoms with Crippen molar-refractivity contribution in [1.29, 1.82) is 0 Å². The average molecular weight is 496 g/mol. The van der Waals surface area contributed by atoms with E-state index in [-0.39, 0.29) is 11.6 Å². The highest BCUT2D eigenvalue weighted by Crippen LogP contribution is 2.43. The van der Waals surface area contributed by atoms with Crippen LogP contribution in [0.4, 0.5) is 11.4 Å². The summed E-state index contributed by atoms with van der Waals surface area (Å²) in [6.45, 7) is 6.85. The van der Waals surface area contributed by atoms with Crippen molar-refractivity contribution in [2.75, 3.05) is 36.5 Å². The van der Waals surface area contributed by atoms with Crippen LogP contribution < -0.4 is 20.5 Å². The normalized spacial score (nSPS) is 15.4. The van der Waals surface area contributed by atoms with Crippen molar-refractivity contribution < 1.29 is 9.47 Å². The molecule has 0 bridgehead atoms. The first-order chi connectivity index (χ1) is 18.0. The molecule has 2 N–H and O–H groups in total. The Kier molecular flexibility index (Phi) is 6.10. The van der Waals surface area contributed by atoms with Crippen LogP contribution in [0.15, 0.2) is 65.6 Å². The first-order valence-corrected chi connectivity index (χ1v) is 12.6. The second-order valence-electron chi connectivity index (χ2n) is 9.51. The highest BCUT2D eigenvalue weighted by molar-refractivity contribution is 5.74. The third-order valence-electron chi connectivity index (χ3n) is 6.87. The van der Waals surface area contributed by atoms with E-state index in [1.165, 1.54) is 0 Å². The number of pyridine rings is 1. The van der Waals surface area contributed by atoms with Crippen LogP contribution in [-0.4, -0.2) is 41.3 Å². The molecule has 2 aromatic carbocycles. The summed E-state index contributed by atoms with van der Waals surface area (Å²) >= 11 is 0. The van der Waals surface area contributed by atoms with Crippen LogP contribution in [0.25, 0.3) is 11.3 Å². The fourth-order valence-electron chi connectivity index (χ4n) is 5.00. The first-order valence-electron chi connectivity index (χ1n) is 12.6. The number of aryl methyl sites for hydroxylation is 1. The summed E-state index contributed by atoms with van der Waals surface area (Å²) in [4.78, 5) is 26.5. The minimum atomic E-state index is -0.128. The number of aromatic amines is 1. The van der Waals surface area contributed by atoms with Gasteiger partial charge in [-0.05, 0) is 55.8 Å². The van der Waals surface area contributed by atoms with E-state index in [2.05, 4.69) is 44.2 Å². The van der Waals surface area contributed by atoms with E-state index < -0.39 is 0 Å². The number of nitrogens with zero attached hydrogens (tertiary/aromatic N) is 3. The smallest absolute Gasteiger partial charge is 0.250 e. The second kappa shape index (κ2) is 9.71. The van der Waals surface area contributed by atoms with Gasteiger partial charge in [0.2, 0.25) is 5.56 Å². The number of rotatable bonds is 5. The van der Waals surface area contributed by atoms with Crippen molar-refractivity contribution in [2.45, 2.75) is 26.3 Å². The zero-order valence-corrected chi connectivity index (χ0v) is 21.0. The van der Waals surface area contributed by atoms with Gasteiger partial charge in [-0.3, -0.25) is 4.79 Å². The molecule has 0 saturated carbocycles. The highest BCUT2D eigenvalue weighted by Gasteiger charge is 2.22. The molecule has 4 aromatic rings. The maximum absolute atomic E-state index is 12.6. The Balaban J connectivity index is 1.27. The van der Waals surface area contributed by atoms with E-state index in [4.69, 9.17) is 9.47 Å². The van der Waals surface area contributed by atoms with Gasteiger partial charge in [0, 0.05) is 54.3 Å². The molecule has 4 heterocycles. The number of fused-ring (bicyclic) bond motifs is 2. The summed E-state index contributed by atoms with van der Waals surface area (Å²) in [6, 6.07) is 17.9. The lowest BCUT2D eigenvalue weighted by molar-refractivity contribution is 0.122. The third kappa shape index (κ3) is 4.80. The zero-order valence-electron chi connectivity index (χ0n) is 21.0. The Morgan fingerprint density at radius 2 is 1.92 bits per heavy atom. The molecule has 0 spiro atoms. The predicted octanol–water partition coefficient (Wildman–Crippen LogP) is 4.85. The maximum Gasteiger partial charge on any atom is 0.250 e.